The molecule has 2 aromatic heterocycles. The van der Waals surface area contributed by atoms with Gasteiger partial charge in [-0.2, -0.15) is 0 Å². The molecule has 10 aromatic carbocycles. The van der Waals surface area contributed by atoms with Crippen molar-refractivity contribution < 1.29 is 286 Å². The van der Waals surface area contributed by atoms with E-state index in [-0.39, 0.29) is 290 Å². The Balaban J connectivity index is 0.00000155. The summed E-state index contributed by atoms with van der Waals surface area (Å²) in [7, 11) is 0. The number of hydrogen-bond donors (Lipinski definition) is 3. The van der Waals surface area contributed by atoms with E-state index in [2.05, 4.69) is 233 Å². The molecule has 0 saturated carbocycles. The number of pyridine rings is 2. The smallest absolute Gasteiger partial charge is 0.0167 e. The molecule has 0 aliphatic rings. The summed E-state index contributed by atoms with van der Waals surface area (Å²) < 4.78 is 0. The van der Waals surface area contributed by atoms with Crippen molar-refractivity contribution in [2.75, 3.05) is 0 Å². The molecule has 2 heterocycles. The standard InChI is InChI=1S/C36H44O2.C33H38O2.2C15H10N.6Ar.BHS2.2Ir/c1-5-7-11-29(6-2)15-17-32(31-12-9-8-10-13-31)16-14-27(3)30-18-20-33(21-19-30)34-22-24-35(25-23-34)36(38)26-28(4)37;1-4-6-8-11-28(27-12-9-7-10-13-27)15-14-26(5-2)29-16-18-30(19-17-29)31-20-22-32(23-21-31)33(35)24-25(3)34;2*1-2-7-13(8-3-1)15-14-9-5-4-6-12(14)10-11-16-15;;;;;;;2-1-3;;/h6,8-10,12-13,18-27,29,32,37H,2,5,7,11,14-17H2,1,3-4H3;4,6-7,9-10,12-13,16-24,26,28,34H,5,8,11,14-15H2,1-3H3;2*1-7,9-11H;;;;;;;2H;;/q;;2*-1;;;;;;;;;/b;6-4+,25-24?;;;;;;;;;;;. The minimum Gasteiger partial charge on any atom is -0.304 e. The summed E-state index contributed by atoms with van der Waals surface area (Å²) in [4.78, 5) is 33.1. The number of carbonyl (C=O) groups excluding carboxylic acids is 2. The maximum absolute atomic E-state index is 12.1. The molecule has 6 nitrogen and oxygen atoms in total. The van der Waals surface area contributed by atoms with Gasteiger partial charge in [-0.25, -0.2) is 0 Å². The van der Waals surface area contributed by atoms with Gasteiger partial charge in [0.15, 0.2) is 11.6 Å². The predicted octanol–water partition coefficient (Wildman–Crippen LogP) is 27.9. The normalized spacial score (nSPS) is 11.7. The molecule has 0 aliphatic carbocycles. The van der Waals surface area contributed by atoms with Gasteiger partial charge in [-0.3, -0.25) is 9.59 Å². The average Bonchev–Trinajstić information content (AvgIpc) is 0.820. The number of aliphatic hydroxyl groups excluding tert-OH is 2. The van der Waals surface area contributed by atoms with Crippen molar-refractivity contribution in [3.05, 3.63) is 373 Å². The fourth-order valence-electron chi connectivity index (χ4n) is 13.7. The molecule has 17 heteroatoms. The van der Waals surface area contributed by atoms with Crippen LogP contribution in [-0.2, 0) is 40.2 Å². The monoisotopic (exact) mass is 2080 g/mol. The van der Waals surface area contributed by atoms with Crippen molar-refractivity contribution >= 4 is 63.1 Å². The quantitative estimate of drug-likeness (QED) is 0.00817. The van der Waals surface area contributed by atoms with Crippen molar-refractivity contribution in [3.63, 3.8) is 0 Å². The third kappa shape index (κ3) is 39.3. The van der Waals surface area contributed by atoms with Gasteiger partial charge < -0.3 is 20.2 Å². The molecule has 0 bridgehead atoms. The molecule has 2 radical (unpaired) electrons. The van der Waals surface area contributed by atoms with E-state index in [9.17, 15) is 19.8 Å². The van der Waals surface area contributed by atoms with E-state index in [0.29, 0.717) is 40.7 Å². The Kier molecular flexibility index (Phi) is 65.0. The number of unbranched alkanes of at least 4 members (excludes halogenated alkanes) is 1. The maximum Gasteiger partial charge on any atom is 0.0167 e. The van der Waals surface area contributed by atoms with E-state index in [1.807, 2.05) is 146 Å². The van der Waals surface area contributed by atoms with Gasteiger partial charge in [-0.15, -0.1) is 78.4 Å². The first kappa shape index (κ1) is 114. The summed E-state index contributed by atoms with van der Waals surface area (Å²) in [6, 6.07) is 97.7. The maximum atomic E-state index is 12.1. The van der Waals surface area contributed by atoms with Gasteiger partial charge in [0.1, 0.15) is 0 Å². The zero-order chi connectivity index (χ0) is 76.7. The van der Waals surface area contributed by atoms with Crippen LogP contribution in [0.4, 0.5) is 0 Å². The Morgan fingerprint density at radius 2 is 0.828 bits per heavy atom. The Morgan fingerprint density at radius 3 is 1.22 bits per heavy atom. The van der Waals surface area contributed by atoms with E-state index in [0.717, 1.165) is 64.0 Å². The van der Waals surface area contributed by atoms with Crippen molar-refractivity contribution in [3.8, 4) is 44.8 Å². The number of hydrogen-bond acceptors (Lipinski definition) is 7. The minimum absolute atomic E-state index is 0. The Morgan fingerprint density at radius 1 is 0.466 bits per heavy atom. The molecule has 0 fully saturated rings. The van der Waals surface area contributed by atoms with Gasteiger partial charge in [0, 0.05) is 302 Å². The second-order valence-corrected chi connectivity index (χ2v) is 28.2. The molecule has 2 N–H and O–H groups in total. The summed E-state index contributed by atoms with van der Waals surface area (Å²) in [6.45, 7) is 16.1. The largest absolute Gasteiger partial charge is 0.304 e. The first-order valence-electron chi connectivity index (χ1n) is 38.0. The molecule has 0 amide bonds. The van der Waals surface area contributed by atoms with Crippen LogP contribution in [0.1, 0.15) is 185 Å². The van der Waals surface area contributed by atoms with Crippen molar-refractivity contribution in [1.29, 1.82) is 0 Å². The Hall–Kier alpha value is -1.59. The third-order valence-corrected chi connectivity index (χ3v) is 19.7. The molecule has 616 valence electrons. The predicted molar refractivity (Wildman–Crippen MR) is 464 cm³/mol. The fraction of sp³-hybridized carbons (Fsp3) is 0.232. The second-order valence-electron chi connectivity index (χ2n) is 27.4. The molecule has 12 aromatic rings. The van der Waals surface area contributed by atoms with Crippen LogP contribution in [-0.4, -0.2) is 37.2 Å². The summed E-state index contributed by atoms with van der Waals surface area (Å²) in [5.41, 5.74) is 16.6. The van der Waals surface area contributed by atoms with Crippen LogP contribution in [0.25, 0.3) is 66.3 Å². The molecule has 12 rings (SSSR count). The van der Waals surface area contributed by atoms with Crippen LogP contribution in [0.2, 0.25) is 0 Å². The van der Waals surface area contributed by atoms with E-state index >= 15 is 0 Å². The summed E-state index contributed by atoms with van der Waals surface area (Å²) in [6.07, 6.45) is 27.1. The topological polar surface area (TPSA) is 100 Å². The van der Waals surface area contributed by atoms with Crippen LogP contribution >= 0.6 is 24.5 Å². The van der Waals surface area contributed by atoms with Crippen LogP contribution in [0.15, 0.2) is 328 Å². The number of carbonyl (C=O) groups is 2. The number of rotatable bonds is 29. The number of aliphatic hydroxyl groups is 2. The molecule has 0 aliphatic heterocycles. The van der Waals surface area contributed by atoms with Crippen LogP contribution in [0.3, 0.4) is 0 Å². The van der Waals surface area contributed by atoms with Gasteiger partial charge >= 0.3 is 30.0 Å². The molecule has 5 unspecified atom stereocenters. The second kappa shape index (κ2) is 66.0. The molecule has 0 saturated heterocycles. The molecule has 0 spiro atoms. The number of aromatic nitrogens is 2. The van der Waals surface area contributed by atoms with Crippen molar-refractivity contribution in [2.45, 2.75) is 142 Å². The van der Waals surface area contributed by atoms with Crippen LogP contribution in [0, 0.1) is 244 Å². The molecule has 116 heavy (non-hydrogen) atoms. The van der Waals surface area contributed by atoms with E-state index < -0.39 is 0 Å². The van der Waals surface area contributed by atoms with Gasteiger partial charge in [0.2, 0.25) is 0 Å². The van der Waals surface area contributed by atoms with Crippen LogP contribution in [0.5, 0.6) is 0 Å². The summed E-state index contributed by atoms with van der Waals surface area (Å²) >= 11 is 7.61. The number of fused-ring (bicyclic) bond motifs is 2. The van der Waals surface area contributed by atoms with Gasteiger partial charge in [-0.05, 0) is 204 Å². The van der Waals surface area contributed by atoms with Gasteiger partial charge in [-0.1, -0.05) is 258 Å². The first-order chi connectivity index (χ1) is 52.7. The molecular weight excluding hydrogens is 1980 g/mol. The number of ketones is 2. The van der Waals surface area contributed by atoms with E-state index in [1.54, 1.807) is 0 Å². The van der Waals surface area contributed by atoms with Gasteiger partial charge in [0.25, 0.3) is 0 Å². The zero-order valence-corrected chi connectivity index (χ0v) is 77.1. The van der Waals surface area contributed by atoms with Crippen molar-refractivity contribution in [1.82, 2.24) is 9.97 Å². The van der Waals surface area contributed by atoms with E-state index in [1.165, 1.54) is 133 Å². The first-order valence-corrected chi connectivity index (χ1v) is 39.0. The number of nitrogens with zero attached hydrogens (tertiary/aromatic N) is 2. The molecule has 5 atom stereocenters. The number of allylic oxidation sites excluding steroid dienone is 7. The van der Waals surface area contributed by atoms with Gasteiger partial charge in [0.05, 0.1) is 11.5 Å². The summed E-state index contributed by atoms with van der Waals surface area (Å²) in [5, 5.41) is 23.4. The van der Waals surface area contributed by atoms with Crippen LogP contribution < -0.4 is 0 Å². The SMILES string of the molecule is C/C=C/CCC(CCC(CC)c1ccc(-c2ccc(C(=O)C=C(C)O)cc2)cc1)c1ccccc1.C=CC(CCCC)CCC(CCC(C)c1ccc(-c2ccc(C(=O)C=C(C)O)cc2)cc1)c1ccccc1.S=BS.[Ar].[Ar].[Ar].[Ar].[Ar].[Ar].[Ir].[Ir].[c-]1ccccc1-c1nccc2ccccc12.[c-]1ccccc1-c1nccc2ccccc12. The van der Waals surface area contributed by atoms with E-state index in [4.69, 9.17) is 0 Å². The average molecular weight is 2080 g/mol. The fourth-order valence-corrected chi connectivity index (χ4v) is 13.7. The number of thiol groups is 1. The Labute approximate surface area is 910 Å². The summed E-state index contributed by atoms with van der Waals surface area (Å²) in [5.74, 6) is 2.49. The third-order valence-electron chi connectivity index (χ3n) is 19.7. The molecular formula is C99H103Ar6BIr2N2O4S2-2. The zero-order valence-electron chi connectivity index (χ0n) is 66.4. The number of benzene rings is 10. The van der Waals surface area contributed by atoms with Crippen molar-refractivity contribution in [2.24, 2.45) is 5.92 Å². The minimum atomic E-state index is -0.185. The Bertz CT molecular complexity index is 4670.